The van der Waals surface area contributed by atoms with Gasteiger partial charge in [0.25, 0.3) is 0 Å². The maximum atomic E-state index is 10.5. The molecule has 302 valence electrons. The van der Waals surface area contributed by atoms with Gasteiger partial charge in [-0.2, -0.15) is 5.26 Å². The van der Waals surface area contributed by atoms with Crippen molar-refractivity contribution in [1.29, 1.82) is 5.26 Å². The minimum atomic E-state index is -0.0273. The second-order valence-electron chi connectivity index (χ2n) is 17.1. The van der Waals surface area contributed by atoms with E-state index in [-0.39, 0.29) is 16.9 Å². The molecular formula is C51H73N5. The first-order valence-corrected chi connectivity index (χ1v) is 21.4. The summed E-state index contributed by atoms with van der Waals surface area (Å²) in [6, 6.07) is 14.3. The number of piperazine rings is 1. The third-order valence-corrected chi connectivity index (χ3v) is 12.8. The number of hydrogen-bond acceptors (Lipinski definition) is 5. The first-order chi connectivity index (χ1) is 26.7. The highest BCUT2D eigenvalue weighted by atomic mass is 15.3. The quantitative estimate of drug-likeness (QED) is 0.137. The van der Waals surface area contributed by atoms with Crippen LogP contribution in [0.2, 0.25) is 0 Å². The molecule has 0 aromatic heterocycles. The van der Waals surface area contributed by atoms with Crippen LogP contribution < -0.4 is 5.32 Å². The highest BCUT2D eigenvalue weighted by molar-refractivity contribution is 5.83. The molecule has 5 nitrogen and oxygen atoms in total. The molecule has 1 unspecified atom stereocenters. The van der Waals surface area contributed by atoms with Crippen LogP contribution in [0, 0.1) is 22.7 Å². The van der Waals surface area contributed by atoms with Crippen molar-refractivity contribution in [3.8, 4) is 6.07 Å². The lowest BCUT2D eigenvalue weighted by Gasteiger charge is -2.43. The Kier molecular flexibility index (Phi) is 15.4. The van der Waals surface area contributed by atoms with Crippen LogP contribution in [0.4, 0.5) is 0 Å². The number of allylic oxidation sites excluding steroid dienone is 5. The zero-order valence-corrected chi connectivity index (χ0v) is 37.0. The van der Waals surface area contributed by atoms with E-state index < -0.39 is 0 Å². The summed E-state index contributed by atoms with van der Waals surface area (Å²) in [6.07, 6.45) is 13.7. The third kappa shape index (κ3) is 9.88. The van der Waals surface area contributed by atoms with Crippen LogP contribution in [0.1, 0.15) is 133 Å². The third-order valence-electron chi connectivity index (χ3n) is 12.8. The van der Waals surface area contributed by atoms with Gasteiger partial charge in [0.05, 0.1) is 6.07 Å². The van der Waals surface area contributed by atoms with Gasteiger partial charge < -0.3 is 10.2 Å². The molecule has 2 fully saturated rings. The molecule has 0 radical (unpaired) electrons. The molecule has 1 aliphatic carbocycles. The van der Waals surface area contributed by atoms with Crippen molar-refractivity contribution in [2.45, 2.75) is 126 Å². The van der Waals surface area contributed by atoms with E-state index in [9.17, 15) is 5.26 Å². The number of hydrogen-bond donors (Lipinski definition) is 1. The van der Waals surface area contributed by atoms with Gasteiger partial charge in [-0.3, -0.25) is 9.80 Å². The highest BCUT2D eigenvalue weighted by Gasteiger charge is 2.51. The Labute approximate surface area is 342 Å². The second kappa shape index (κ2) is 19.4. The largest absolute Gasteiger partial charge is 0.391 e. The van der Waals surface area contributed by atoms with E-state index in [4.69, 9.17) is 0 Å². The van der Waals surface area contributed by atoms with Crippen molar-refractivity contribution >= 4 is 11.6 Å². The first kappa shape index (κ1) is 44.6. The first-order valence-electron chi connectivity index (χ1n) is 21.4. The predicted octanol–water partition coefficient (Wildman–Crippen LogP) is 11.8. The fraction of sp³-hybridized carbons (Fsp3) is 0.510. The summed E-state index contributed by atoms with van der Waals surface area (Å²) in [5.74, 6) is 0.360. The normalized spacial score (nSPS) is 18.0. The fourth-order valence-corrected chi connectivity index (χ4v) is 8.77. The Bertz CT molecular complexity index is 1870. The van der Waals surface area contributed by atoms with Gasteiger partial charge in [0.1, 0.15) is 0 Å². The molecule has 2 aliphatic heterocycles. The van der Waals surface area contributed by atoms with Crippen LogP contribution in [0.25, 0.3) is 11.6 Å². The summed E-state index contributed by atoms with van der Waals surface area (Å²) >= 11 is 0. The van der Waals surface area contributed by atoms with E-state index in [1.54, 1.807) is 6.20 Å². The minimum Gasteiger partial charge on any atom is -0.391 e. The van der Waals surface area contributed by atoms with E-state index in [1.165, 1.54) is 68.5 Å². The SMILES string of the molecule is C=CNCCc1c(CN2CCN(Cc3c(C=C)cc(C4=CN(C)C(=C)C(C)=C4C)cc3CC)C3(CC3)C2)cccc1C(/C(C#N)=C/C(C)(C)CC)C(C)C.CC. The predicted molar refractivity (Wildman–Crippen MR) is 242 cm³/mol. The molecule has 1 saturated carbocycles. The smallest absolute Gasteiger partial charge is 0.0950 e. The fourth-order valence-electron chi connectivity index (χ4n) is 8.77. The second-order valence-corrected chi connectivity index (χ2v) is 17.1. The van der Waals surface area contributed by atoms with Crippen LogP contribution in [0.15, 0.2) is 91.0 Å². The number of aryl methyl sites for hydroxylation is 1. The zero-order valence-electron chi connectivity index (χ0n) is 37.0. The topological polar surface area (TPSA) is 45.5 Å². The van der Waals surface area contributed by atoms with Crippen LogP contribution in [0.3, 0.4) is 0 Å². The maximum Gasteiger partial charge on any atom is 0.0950 e. The van der Waals surface area contributed by atoms with Crippen LogP contribution in [-0.4, -0.2) is 53.5 Å². The van der Waals surface area contributed by atoms with Gasteiger partial charge in [-0.15, -0.1) is 0 Å². The van der Waals surface area contributed by atoms with Gasteiger partial charge in [-0.25, -0.2) is 0 Å². The van der Waals surface area contributed by atoms with Crippen molar-refractivity contribution < 1.29 is 0 Å². The van der Waals surface area contributed by atoms with E-state index in [0.717, 1.165) is 69.8 Å². The molecule has 5 heteroatoms. The molecule has 1 atom stereocenters. The highest BCUT2D eigenvalue weighted by Crippen LogP contribution is 2.46. The molecule has 2 heterocycles. The van der Waals surface area contributed by atoms with E-state index in [1.807, 2.05) is 13.8 Å². The average Bonchev–Trinajstić information content (AvgIpc) is 3.96. The van der Waals surface area contributed by atoms with Crippen molar-refractivity contribution in [2.24, 2.45) is 11.3 Å². The van der Waals surface area contributed by atoms with Gasteiger partial charge in [0.15, 0.2) is 0 Å². The van der Waals surface area contributed by atoms with Crippen LogP contribution in [0.5, 0.6) is 0 Å². The lowest BCUT2D eigenvalue weighted by atomic mass is 9.76. The number of nitrogens with zero attached hydrogens (tertiary/aromatic N) is 4. The van der Waals surface area contributed by atoms with Crippen molar-refractivity contribution in [2.75, 3.05) is 33.2 Å². The van der Waals surface area contributed by atoms with Crippen molar-refractivity contribution in [3.05, 3.63) is 130 Å². The maximum absolute atomic E-state index is 10.5. The van der Waals surface area contributed by atoms with E-state index >= 15 is 0 Å². The lowest BCUT2D eigenvalue weighted by Crippen LogP contribution is -2.54. The monoisotopic (exact) mass is 756 g/mol. The Hall–Kier alpha value is -4.11. The molecule has 5 rings (SSSR count). The zero-order chi connectivity index (χ0) is 41.4. The van der Waals surface area contributed by atoms with Crippen LogP contribution in [-0.2, 0) is 25.9 Å². The van der Waals surface area contributed by atoms with E-state index in [0.29, 0.717) is 5.92 Å². The van der Waals surface area contributed by atoms with Crippen molar-refractivity contribution in [1.82, 2.24) is 20.0 Å². The number of nitrogens with one attached hydrogen (secondary N) is 1. The number of nitriles is 1. The standard InChI is InChI=1S/C49H67N5.C2H6/c1-13-38-26-41(45-31-52(12)37(9)35(7)36(45)8)27-39(14-2)46(38)32-54-25-24-53(33-49(54)21-22-49)30-40-18-17-19-44(43(40)20-23-51-16-4)47(34(5)6)42(29-50)28-48(10,11)15-3;1-2/h13,16-19,26-28,31,34,47,51H,1,4,9,14-15,20-25,30,32-33H2,2-3,5-8,10-12H3;1-2H3/b42-28+;. The Morgan fingerprint density at radius 1 is 1.02 bits per heavy atom. The molecule has 1 N–H and O–H groups in total. The summed E-state index contributed by atoms with van der Waals surface area (Å²) in [7, 11) is 2.09. The Balaban J connectivity index is 0.00000342. The molecule has 56 heavy (non-hydrogen) atoms. The summed E-state index contributed by atoms with van der Waals surface area (Å²) in [5.41, 5.74) is 15.4. The van der Waals surface area contributed by atoms with Crippen LogP contribution >= 0.6 is 0 Å². The summed E-state index contributed by atoms with van der Waals surface area (Å²) in [5, 5.41) is 13.9. The Morgan fingerprint density at radius 3 is 2.32 bits per heavy atom. The van der Waals surface area contributed by atoms with Gasteiger partial charge in [-0.1, -0.05) is 112 Å². The lowest BCUT2D eigenvalue weighted by molar-refractivity contribution is 0.0486. The molecule has 0 bridgehead atoms. The summed E-state index contributed by atoms with van der Waals surface area (Å²) in [4.78, 5) is 7.64. The minimum absolute atomic E-state index is 0.0273. The Morgan fingerprint density at radius 2 is 1.73 bits per heavy atom. The number of likely N-dealkylation sites (N-methyl/N-ethyl adjacent to an activating group) is 1. The average molecular weight is 756 g/mol. The summed E-state index contributed by atoms with van der Waals surface area (Å²) in [6.45, 7) is 40.3. The molecule has 1 saturated heterocycles. The number of benzene rings is 2. The molecule has 1 spiro atoms. The van der Waals surface area contributed by atoms with E-state index in [2.05, 4.69) is 157 Å². The molecular weight excluding hydrogens is 683 g/mol. The molecule has 2 aromatic carbocycles. The van der Waals surface area contributed by atoms with Crippen molar-refractivity contribution in [3.63, 3.8) is 0 Å². The summed E-state index contributed by atoms with van der Waals surface area (Å²) < 4.78 is 0. The number of rotatable bonds is 16. The molecule has 2 aromatic rings. The van der Waals surface area contributed by atoms with Gasteiger partial charge in [0.2, 0.25) is 0 Å². The van der Waals surface area contributed by atoms with Gasteiger partial charge in [-0.05, 0) is 120 Å². The van der Waals surface area contributed by atoms with Gasteiger partial charge >= 0.3 is 0 Å². The van der Waals surface area contributed by atoms with Gasteiger partial charge in [0, 0.05) is 80.8 Å². The molecule has 3 aliphatic rings. The molecule has 0 amide bonds.